The summed E-state index contributed by atoms with van der Waals surface area (Å²) in [4.78, 5) is 23.8. The van der Waals surface area contributed by atoms with Gasteiger partial charge in [-0.3, -0.25) is 0 Å². The third-order valence-corrected chi connectivity index (χ3v) is 6.39. The number of amides is 2. The fourth-order valence-electron chi connectivity index (χ4n) is 3.90. The van der Waals surface area contributed by atoms with Gasteiger partial charge in [0, 0.05) is 37.8 Å². The molecule has 10 heteroatoms. The second-order valence-electron chi connectivity index (χ2n) is 9.27. The number of aromatic nitrogens is 2. The molecule has 2 amide bonds. The normalized spacial score (nSPS) is 16.8. The highest BCUT2D eigenvalue weighted by atomic mass is 19.1. The number of carbonyl (C=O) groups is 1. The summed E-state index contributed by atoms with van der Waals surface area (Å²) in [6, 6.07) is 4.34. The number of aliphatic hydroxyl groups is 1. The highest BCUT2D eigenvalue weighted by Crippen LogP contribution is 2.47. The zero-order chi connectivity index (χ0) is 24.1. The molecule has 0 spiro atoms. The Morgan fingerprint density at radius 1 is 1.21 bits per heavy atom. The SMILES string of the molecule is Cc1cc(F)c(NC(=O)NCCC2(C)CC2)cc1-c1nc(NCCO)cc(N2CCOCC2)n1. The Bertz CT molecular complexity index is 1020. The van der Waals surface area contributed by atoms with Crippen molar-refractivity contribution >= 4 is 23.4 Å². The van der Waals surface area contributed by atoms with Crippen LogP contribution in [0.2, 0.25) is 0 Å². The van der Waals surface area contributed by atoms with Crippen molar-refractivity contribution in [2.75, 3.05) is 61.5 Å². The van der Waals surface area contributed by atoms with E-state index >= 15 is 0 Å². The van der Waals surface area contributed by atoms with E-state index in [-0.39, 0.29) is 12.3 Å². The third kappa shape index (κ3) is 6.12. The number of nitrogens with zero attached hydrogens (tertiary/aromatic N) is 3. The van der Waals surface area contributed by atoms with Crippen LogP contribution >= 0.6 is 0 Å². The standard InChI is InChI=1S/C24H33FN6O3/c1-16-13-18(25)19(28-23(33)27-6-5-24(2)3-4-24)14-17(16)22-29-20(26-7-10-32)15-21(30-22)31-8-11-34-12-9-31/h13-15,32H,3-12H2,1-2H3,(H,26,29,30)(H2,27,28,33). The minimum Gasteiger partial charge on any atom is -0.395 e. The Morgan fingerprint density at radius 3 is 2.68 bits per heavy atom. The maximum atomic E-state index is 14.7. The molecule has 1 aliphatic carbocycles. The van der Waals surface area contributed by atoms with Crippen LogP contribution in [0.15, 0.2) is 18.2 Å². The van der Waals surface area contributed by atoms with Crippen molar-refractivity contribution in [2.24, 2.45) is 5.41 Å². The molecular formula is C24H33FN6O3. The molecule has 1 saturated carbocycles. The number of benzene rings is 1. The molecule has 0 unspecified atom stereocenters. The summed E-state index contributed by atoms with van der Waals surface area (Å²) in [6.07, 6.45) is 3.28. The summed E-state index contributed by atoms with van der Waals surface area (Å²) < 4.78 is 20.1. The zero-order valence-electron chi connectivity index (χ0n) is 19.8. The molecule has 1 aromatic carbocycles. The van der Waals surface area contributed by atoms with Gasteiger partial charge >= 0.3 is 6.03 Å². The van der Waals surface area contributed by atoms with Crippen LogP contribution in [0.4, 0.5) is 26.5 Å². The lowest BCUT2D eigenvalue weighted by Crippen LogP contribution is -2.37. The molecule has 184 valence electrons. The van der Waals surface area contributed by atoms with Crippen LogP contribution < -0.4 is 20.9 Å². The van der Waals surface area contributed by atoms with Crippen molar-refractivity contribution in [3.63, 3.8) is 0 Å². The van der Waals surface area contributed by atoms with Crippen molar-refractivity contribution in [2.45, 2.75) is 33.1 Å². The molecule has 34 heavy (non-hydrogen) atoms. The molecular weight excluding hydrogens is 439 g/mol. The quantitative estimate of drug-likeness (QED) is 0.444. The van der Waals surface area contributed by atoms with Gasteiger partial charge in [-0.25, -0.2) is 19.2 Å². The molecule has 4 rings (SSSR count). The number of carbonyl (C=O) groups excluding carboxylic acids is 1. The minimum absolute atomic E-state index is 0.0376. The number of aryl methyl sites for hydroxylation is 1. The van der Waals surface area contributed by atoms with E-state index in [1.54, 1.807) is 13.0 Å². The summed E-state index contributed by atoms with van der Waals surface area (Å²) in [5, 5.41) is 17.7. The highest BCUT2D eigenvalue weighted by molar-refractivity contribution is 5.90. The van der Waals surface area contributed by atoms with E-state index < -0.39 is 11.8 Å². The topological polar surface area (TPSA) is 112 Å². The van der Waals surface area contributed by atoms with Crippen LogP contribution in [0.25, 0.3) is 11.4 Å². The highest BCUT2D eigenvalue weighted by Gasteiger charge is 2.36. The fourth-order valence-corrected chi connectivity index (χ4v) is 3.90. The predicted octanol–water partition coefficient (Wildman–Crippen LogP) is 3.14. The summed E-state index contributed by atoms with van der Waals surface area (Å²) in [7, 11) is 0. The Balaban J connectivity index is 1.57. The first-order chi connectivity index (χ1) is 16.4. The van der Waals surface area contributed by atoms with Gasteiger partial charge in [-0.1, -0.05) is 6.92 Å². The van der Waals surface area contributed by atoms with Crippen LogP contribution in [-0.2, 0) is 4.74 Å². The minimum atomic E-state index is -0.520. The number of hydrogen-bond acceptors (Lipinski definition) is 7. The molecule has 0 bridgehead atoms. The predicted molar refractivity (Wildman–Crippen MR) is 130 cm³/mol. The molecule has 0 radical (unpaired) electrons. The van der Waals surface area contributed by atoms with E-state index in [1.807, 2.05) is 6.07 Å². The second kappa shape index (κ2) is 10.5. The lowest BCUT2D eigenvalue weighted by atomic mass is 10.1. The number of nitrogens with one attached hydrogen (secondary N) is 3. The lowest BCUT2D eigenvalue weighted by molar-refractivity contribution is 0.122. The van der Waals surface area contributed by atoms with E-state index in [4.69, 9.17) is 9.72 Å². The Kier molecular flexibility index (Phi) is 7.47. The number of morpholine rings is 1. The molecule has 1 saturated heterocycles. The van der Waals surface area contributed by atoms with Crippen LogP contribution in [0, 0.1) is 18.2 Å². The van der Waals surface area contributed by atoms with Gasteiger partial charge in [-0.05, 0) is 49.3 Å². The molecule has 0 atom stereocenters. The van der Waals surface area contributed by atoms with Crippen LogP contribution in [0.1, 0.15) is 31.7 Å². The molecule has 1 aliphatic heterocycles. The Labute approximate surface area is 199 Å². The Hall–Kier alpha value is -2.98. The number of rotatable bonds is 9. The molecule has 2 fully saturated rings. The average Bonchev–Trinajstić information content (AvgIpc) is 3.56. The molecule has 2 aromatic rings. The van der Waals surface area contributed by atoms with E-state index in [1.165, 1.54) is 18.9 Å². The fraction of sp³-hybridized carbons (Fsp3) is 0.542. The van der Waals surface area contributed by atoms with Gasteiger partial charge in [-0.15, -0.1) is 0 Å². The van der Waals surface area contributed by atoms with Crippen molar-refractivity contribution in [1.29, 1.82) is 0 Å². The lowest BCUT2D eigenvalue weighted by Gasteiger charge is -2.28. The van der Waals surface area contributed by atoms with E-state index in [2.05, 4.69) is 32.8 Å². The van der Waals surface area contributed by atoms with E-state index in [9.17, 15) is 14.3 Å². The van der Waals surface area contributed by atoms with Gasteiger partial charge in [0.05, 0.1) is 25.5 Å². The zero-order valence-corrected chi connectivity index (χ0v) is 19.8. The number of ether oxygens (including phenoxy) is 1. The number of halogens is 1. The summed E-state index contributed by atoms with van der Waals surface area (Å²) in [5.41, 5.74) is 1.67. The van der Waals surface area contributed by atoms with Crippen LogP contribution in [0.5, 0.6) is 0 Å². The first-order valence-electron chi connectivity index (χ1n) is 11.8. The maximum absolute atomic E-state index is 14.7. The molecule has 4 N–H and O–H groups in total. The largest absolute Gasteiger partial charge is 0.395 e. The summed E-state index contributed by atoms with van der Waals surface area (Å²) >= 11 is 0. The van der Waals surface area contributed by atoms with Crippen molar-refractivity contribution in [3.8, 4) is 11.4 Å². The van der Waals surface area contributed by atoms with Crippen LogP contribution in [-0.4, -0.2) is 67.1 Å². The first kappa shape index (κ1) is 24.2. The van der Waals surface area contributed by atoms with Gasteiger partial charge in [0.25, 0.3) is 0 Å². The van der Waals surface area contributed by atoms with Gasteiger partial charge in [0.15, 0.2) is 5.82 Å². The monoisotopic (exact) mass is 472 g/mol. The first-order valence-corrected chi connectivity index (χ1v) is 11.8. The number of anilines is 3. The van der Waals surface area contributed by atoms with Crippen molar-refractivity contribution in [1.82, 2.24) is 15.3 Å². The van der Waals surface area contributed by atoms with Crippen LogP contribution in [0.3, 0.4) is 0 Å². The van der Waals surface area contributed by atoms with E-state index in [0.717, 1.165) is 12.2 Å². The second-order valence-corrected chi connectivity index (χ2v) is 9.27. The van der Waals surface area contributed by atoms with Gasteiger partial charge in [-0.2, -0.15) is 0 Å². The Morgan fingerprint density at radius 2 is 1.97 bits per heavy atom. The third-order valence-electron chi connectivity index (χ3n) is 6.39. The smallest absolute Gasteiger partial charge is 0.319 e. The van der Waals surface area contributed by atoms with Gasteiger partial charge in [0.2, 0.25) is 0 Å². The number of aliphatic hydroxyl groups excluding tert-OH is 1. The molecule has 2 aliphatic rings. The average molecular weight is 473 g/mol. The molecule has 9 nitrogen and oxygen atoms in total. The maximum Gasteiger partial charge on any atom is 0.319 e. The molecule has 1 aromatic heterocycles. The molecule has 2 heterocycles. The van der Waals surface area contributed by atoms with Crippen molar-refractivity contribution in [3.05, 3.63) is 29.6 Å². The van der Waals surface area contributed by atoms with Gasteiger partial charge in [0.1, 0.15) is 17.5 Å². The van der Waals surface area contributed by atoms with Crippen molar-refractivity contribution < 1.29 is 19.0 Å². The van der Waals surface area contributed by atoms with E-state index in [0.29, 0.717) is 67.6 Å². The van der Waals surface area contributed by atoms with Gasteiger partial charge < -0.3 is 30.7 Å². The number of urea groups is 1. The number of hydrogen-bond donors (Lipinski definition) is 4. The summed E-state index contributed by atoms with van der Waals surface area (Å²) in [6.45, 7) is 7.45. The summed E-state index contributed by atoms with van der Waals surface area (Å²) in [5.74, 6) is 1.17.